The van der Waals surface area contributed by atoms with E-state index in [1.165, 1.54) is 29.5 Å². The Bertz CT molecular complexity index is 746. The van der Waals surface area contributed by atoms with Crippen molar-refractivity contribution >= 4 is 44.6 Å². The molecule has 1 aromatic carbocycles. The molecule has 0 radical (unpaired) electrons. The van der Waals surface area contributed by atoms with E-state index in [0.29, 0.717) is 15.9 Å². The first-order valence-corrected chi connectivity index (χ1v) is 8.08. The molecule has 0 bridgehead atoms. The topological polar surface area (TPSA) is 93.8 Å². The molecular weight excluding hydrogens is 386 g/mol. The molecule has 120 valence electrons. The SMILES string of the molecule is CC(=NNC(=O)COc1ccc([N+](=O)[O-])cc1Br)c1cccs1. The Morgan fingerprint density at radius 3 is 2.87 bits per heavy atom. The van der Waals surface area contributed by atoms with Gasteiger partial charge in [0.25, 0.3) is 11.6 Å². The maximum atomic E-state index is 11.7. The van der Waals surface area contributed by atoms with Gasteiger partial charge in [-0.1, -0.05) is 6.07 Å². The molecule has 0 atom stereocenters. The van der Waals surface area contributed by atoms with Gasteiger partial charge >= 0.3 is 0 Å². The van der Waals surface area contributed by atoms with Gasteiger partial charge in [0, 0.05) is 17.0 Å². The molecule has 2 aromatic rings. The Kier molecular flexibility index (Phi) is 5.83. The van der Waals surface area contributed by atoms with Crippen LogP contribution in [0.4, 0.5) is 5.69 Å². The van der Waals surface area contributed by atoms with E-state index in [4.69, 9.17) is 4.74 Å². The number of nitrogens with zero attached hydrogens (tertiary/aromatic N) is 2. The first-order chi connectivity index (χ1) is 11.0. The number of ether oxygens (including phenoxy) is 1. The molecule has 9 heteroatoms. The van der Waals surface area contributed by atoms with E-state index in [-0.39, 0.29) is 12.3 Å². The van der Waals surface area contributed by atoms with Crippen LogP contribution in [-0.4, -0.2) is 23.1 Å². The second-order valence-corrected chi connectivity index (χ2v) is 6.17. The Balaban J connectivity index is 1.89. The van der Waals surface area contributed by atoms with Crippen molar-refractivity contribution in [1.82, 2.24) is 5.43 Å². The minimum Gasteiger partial charge on any atom is -0.483 e. The fraction of sp³-hybridized carbons (Fsp3) is 0.143. The Morgan fingerprint density at radius 1 is 1.48 bits per heavy atom. The highest BCUT2D eigenvalue weighted by molar-refractivity contribution is 9.10. The molecule has 1 heterocycles. The van der Waals surface area contributed by atoms with Gasteiger partial charge < -0.3 is 4.74 Å². The summed E-state index contributed by atoms with van der Waals surface area (Å²) >= 11 is 4.69. The normalized spacial score (nSPS) is 11.1. The number of hydrazone groups is 1. The number of hydrogen-bond donors (Lipinski definition) is 1. The van der Waals surface area contributed by atoms with Crippen molar-refractivity contribution in [2.45, 2.75) is 6.92 Å². The third-order valence-corrected chi connectivity index (χ3v) is 4.31. The summed E-state index contributed by atoms with van der Waals surface area (Å²) in [6, 6.07) is 7.84. The van der Waals surface area contributed by atoms with Crippen LogP contribution in [0.15, 0.2) is 45.3 Å². The third-order valence-electron chi connectivity index (χ3n) is 2.71. The molecule has 0 aliphatic rings. The van der Waals surface area contributed by atoms with Crippen LogP contribution in [0.3, 0.4) is 0 Å². The lowest BCUT2D eigenvalue weighted by Crippen LogP contribution is -2.25. The molecule has 1 aromatic heterocycles. The summed E-state index contributed by atoms with van der Waals surface area (Å²) in [4.78, 5) is 22.8. The lowest BCUT2D eigenvalue weighted by molar-refractivity contribution is -0.384. The Hall–Kier alpha value is -2.26. The summed E-state index contributed by atoms with van der Waals surface area (Å²) < 4.78 is 5.71. The number of halogens is 1. The van der Waals surface area contributed by atoms with Gasteiger partial charge in [-0.3, -0.25) is 14.9 Å². The van der Waals surface area contributed by atoms with E-state index < -0.39 is 10.8 Å². The van der Waals surface area contributed by atoms with E-state index in [9.17, 15) is 14.9 Å². The zero-order valence-corrected chi connectivity index (χ0v) is 14.4. The van der Waals surface area contributed by atoms with Gasteiger partial charge in [0.1, 0.15) is 5.75 Å². The van der Waals surface area contributed by atoms with Gasteiger partial charge in [0.15, 0.2) is 6.61 Å². The number of nitro groups is 1. The summed E-state index contributed by atoms with van der Waals surface area (Å²) in [5.41, 5.74) is 3.03. The lowest BCUT2D eigenvalue weighted by atomic mass is 10.3. The Labute approximate surface area is 144 Å². The first kappa shape index (κ1) is 17.1. The standard InChI is InChI=1S/C14H12BrN3O4S/c1-9(13-3-2-6-23-13)16-17-14(19)8-22-12-5-4-10(18(20)21)7-11(12)15/h2-7H,8H2,1H3,(H,17,19). The molecule has 0 aliphatic carbocycles. The van der Waals surface area contributed by atoms with Gasteiger partial charge in [-0.2, -0.15) is 5.10 Å². The predicted octanol–water partition coefficient (Wildman–Crippen LogP) is 3.34. The number of nitrogens with one attached hydrogen (secondary N) is 1. The zero-order chi connectivity index (χ0) is 16.8. The second-order valence-electron chi connectivity index (χ2n) is 4.37. The van der Waals surface area contributed by atoms with Crippen LogP contribution in [0.5, 0.6) is 5.75 Å². The maximum absolute atomic E-state index is 11.7. The fourth-order valence-electron chi connectivity index (χ4n) is 1.58. The summed E-state index contributed by atoms with van der Waals surface area (Å²) in [5.74, 6) is -0.0872. The van der Waals surface area contributed by atoms with E-state index in [1.54, 1.807) is 6.92 Å². The highest BCUT2D eigenvalue weighted by Gasteiger charge is 2.11. The summed E-state index contributed by atoms with van der Waals surface area (Å²) in [6.45, 7) is 1.54. The number of nitro benzene ring substituents is 1. The van der Waals surface area contributed by atoms with Crippen molar-refractivity contribution < 1.29 is 14.5 Å². The highest BCUT2D eigenvalue weighted by Crippen LogP contribution is 2.28. The first-order valence-electron chi connectivity index (χ1n) is 6.41. The van der Waals surface area contributed by atoms with E-state index in [1.807, 2.05) is 17.5 Å². The smallest absolute Gasteiger partial charge is 0.277 e. The Morgan fingerprint density at radius 2 is 2.26 bits per heavy atom. The van der Waals surface area contributed by atoms with Gasteiger partial charge in [0.2, 0.25) is 0 Å². The molecule has 23 heavy (non-hydrogen) atoms. The summed E-state index contributed by atoms with van der Waals surface area (Å²) in [7, 11) is 0. The fourth-order valence-corrected chi connectivity index (χ4v) is 2.74. The van der Waals surface area contributed by atoms with Crippen molar-refractivity contribution in [3.8, 4) is 5.75 Å². The number of carbonyl (C=O) groups is 1. The molecule has 0 saturated carbocycles. The molecular formula is C14H12BrN3O4S. The van der Waals surface area contributed by atoms with Crippen molar-refractivity contribution in [3.05, 3.63) is 55.2 Å². The van der Waals surface area contributed by atoms with Crippen molar-refractivity contribution in [1.29, 1.82) is 0 Å². The molecule has 2 rings (SSSR count). The van der Waals surface area contributed by atoms with Crippen molar-refractivity contribution in [2.75, 3.05) is 6.61 Å². The number of benzene rings is 1. The van der Waals surface area contributed by atoms with Crippen LogP contribution >= 0.6 is 27.3 Å². The van der Waals surface area contributed by atoms with E-state index in [2.05, 4.69) is 26.5 Å². The van der Waals surface area contributed by atoms with Gasteiger partial charge in [-0.15, -0.1) is 11.3 Å². The minimum absolute atomic E-state index is 0.0650. The zero-order valence-electron chi connectivity index (χ0n) is 12.0. The largest absolute Gasteiger partial charge is 0.483 e. The maximum Gasteiger partial charge on any atom is 0.277 e. The number of hydrogen-bond acceptors (Lipinski definition) is 6. The molecule has 0 spiro atoms. The average Bonchev–Trinajstić information content (AvgIpc) is 3.05. The second kappa shape index (κ2) is 7.84. The monoisotopic (exact) mass is 397 g/mol. The number of rotatable bonds is 6. The highest BCUT2D eigenvalue weighted by atomic mass is 79.9. The van der Waals surface area contributed by atoms with Gasteiger partial charge in [-0.05, 0) is 40.4 Å². The number of amides is 1. The van der Waals surface area contributed by atoms with Crippen LogP contribution in [0, 0.1) is 10.1 Å². The van der Waals surface area contributed by atoms with Crippen LogP contribution in [0.1, 0.15) is 11.8 Å². The molecule has 0 saturated heterocycles. The average molecular weight is 398 g/mol. The van der Waals surface area contributed by atoms with E-state index >= 15 is 0 Å². The summed E-state index contributed by atoms with van der Waals surface area (Å²) in [5, 5.41) is 16.5. The summed E-state index contributed by atoms with van der Waals surface area (Å²) in [6.07, 6.45) is 0. The van der Waals surface area contributed by atoms with Crippen LogP contribution in [0.2, 0.25) is 0 Å². The molecule has 1 amide bonds. The quantitative estimate of drug-likeness (QED) is 0.459. The van der Waals surface area contributed by atoms with Crippen LogP contribution < -0.4 is 10.2 Å². The third kappa shape index (κ3) is 4.86. The van der Waals surface area contributed by atoms with Crippen LogP contribution in [0.25, 0.3) is 0 Å². The number of carbonyl (C=O) groups excluding carboxylic acids is 1. The van der Waals surface area contributed by atoms with Crippen LogP contribution in [-0.2, 0) is 4.79 Å². The number of non-ortho nitro benzene ring substituents is 1. The molecule has 1 N–H and O–H groups in total. The lowest BCUT2D eigenvalue weighted by Gasteiger charge is -2.07. The molecule has 7 nitrogen and oxygen atoms in total. The number of thiophene rings is 1. The van der Waals surface area contributed by atoms with Crippen molar-refractivity contribution in [2.24, 2.45) is 5.10 Å². The van der Waals surface area contributed by atoms with E-state index in [0.717, 1.165) is 4.88 Å². The molecule has 0 unspecified atom stereocenters. The predicted molar refractivity (Wildman–Crippen MR) is 91.0 cm³/mol. The van der Waals surface area contributed by atoms with Gasteiger partial charge in [0.05, 0.1) is 15.1 Å². The molecule has 0 fully saturated rings. The van der Waals surface area contributed by atoms with Crippen molar-refractivity contribution in [3.63, 3.8) is 0 Å². The van der Waals surface area contributed by atoms with Gasteiger partial charge in [-0.25, -0.2) is 5.43 Å². The molecule has 0 aliphatic heterocycles. The minimum atomic E-state index is -0.511.